The summed E-state index contributed by atoms with van der Waals surface area (Å²) in [6, 6.07) is 1.32. The Morgan fingerprint density at radius 1 is 1.54 bits per heavy atom. The second-order valence-corrected chi connectivity index (χ2v) is 4.20. The van der Waals surface area contributed by atoms with Gasteiger partial charge < -0.3 is 15.0 Å². The van der Waals surface area contributed by atoms with Gasteiger partial charge in [0, 0.05) is 18.6 Å². The fraction of sp³-hybridized carbons (Fsp3) is 1.00. The predicted molar refractivity (Wildman–Crippen MR) is 52.9 cm³/mol. The number of hydrogen-bond acceptors (Lipinski definition) is 3. The van der Waals surface area contributed by atoms with Gasteiger partial charge in [-0.05, 0) is 32.9 Å². The molecule has 0 radical (unpaired) electrons. The van der Waals surface area contributed by atoms with E-state index in [-0.39, 0.29) is 0 Å². The Hall–Kier alpha value is -0.120. The Bertz CT molecular complexity index is 153. The smallest absolute Gasteiger partial charge is 0.0620 e. The minimum atomic E-state index is 0.587. The second-order valence-electron chi connectivity index (χ2n) is 4.20. The van der Waals surface area contributed by atoms with Crippen molar-refractivity contribution >= 4 is 0 Å². The third kappa shape index (κ3) is 2.42. The van der Waals surface area contributed by atoms with E-state index in [9.17, 15) is 0 Å². The lowest BCUT2D eigenvalue weighted by molar-refractivity contribution is 0.0516. The zero-order chi connectivity index (χ0) is 9.10. The Labute approximate surface area is 80.4 Å². The van der Waals surface area contributed by atoms with Crippen LogP contribution in [0.15, 0.2) is 0 Å². The number of hydrogen-bond donors (Lipinski definition) is 1. The van der Waals surface area contributed by atoms with Crippen molar-refractivity contribution in [2.45, 2.75) is 31.8 Å². The normalized spacial score (nSPS) is 32.5. The van der Waals surface area contributed by atoms with Crippen LogP contribution in [0.1, 0.15) is 19.8 Å². The zero-order valence-electron chi connectivity index (χ0n) is 8.46. The summed E-state index contributed by atoms with van der Waals surface area (Å²) in [7, 11) is 0. The second kappa shape index (κ2) is 4.40. The molecule has 0 aliphatic carbocycles. The van der Waals surface area contributed by atoms with Gasteiger partial charge >= 0.3 is 0 Å². The van der Waals surface area contributed by atoms with Crippen LogP contribution in [0.4, 0.5) is 0 Å². The van der Waals surface area contributed by atoms with E-state index in [4.69, 9.17) is 4.74 Å². The van der Waals surface area contributed by atoms with Crippen LogP contribution in [0.25, 0.3) is 0 Å². The molecule has 2 atom stereocenters. The summed E-state index contributed by atoms with van der Waals surface area (Å²) in [6.45, 7) is 7.74. The van der Waals surface area contributed by atoms with E-state index in [2.05, 4.69) is 17.1 Å². The molecule has 2 fully saturated rings. The molecule has 2 saturated heterocycles. The summed E-state index contributed by atoms with van der Waals surface area (Å²) in [5.74, 6) is 0. The fourth-order valence-electron chi connectivity index (χ4n) is 2.11. The van der Waals surface area contributed by atoms with Crippen LogP contribution in [0.3, 0.4) is 0 Å². The van der Waals surface area contributed by atoms with Crippen molar-refractivity contribution < 1.29 is 4.74 Å². The first kappa shape index (κ1) is 9.44. The maximum Gasteiger partial charge on any atom is 0.0620 e. The van der Waals surface area contributed by atoms with Crippen LogP contribution < -0.4 is 5.32 Å². The van der Waals surface area contributed by atoms with Gasteiger partial charge in [-0.25, -0.2) is 0 Å². The van der Waals surface area contributed by atoms with E-state index < -0.39 is 0 Å². The molecule has 76 valence electrons. The van der Waals surface area contributed by atoms with Gasteiger partial charge in [-0.15, -0.1) is 0 Å². The van der Waals surface area contributed by atoms with E-state index in [1.165, 1.54) is 25.9 Å². The standard InChI is InChI=1S/C10H20N2O/c1-9(12-4-2-5-12)7-10-8-13-6-3-11-10/h9-11H,2-8H2,1H3. The van der Waals surface area contributed by atoms with Crippen molar-refractivity contribution in [3.05, 3.63) is 0 Å². The molecule has 2 unspecified atom stereocenters. The lowest BCUT2D eigenvalue weighted by Gasteiger charge is -2.38. The molecule has 0 bridgehead atoms. The van der Waals surface area contributed by atoms with Crippen molar-refractivity contribution in [1.82, 2.24) is 10.2 Å². The quantitative estimate of drug-likeness (QED) is 0.689. The molecule has 2 rings (SSSR count). The van der Waals surface area contributed by atoms with Crippen LogP contribution in [-0.2, 0) is 4.74 Å². The van der Waals surface area contributed by atoms with Gasteiger partial charge in [-0.1, -0.05) is 0 Å². The monoisotopic (exact) mass is 184 g/mol. The average molecular weight is 184 g/mol. The maximum absolute atomic E-state index is 5.43. The highest BCUT2D eigenvalue weighted by Crippen LogP contribution is 2.15. The molecule has 2 heterocycles. The van der Waals surface area contributed by atoms with Crippen LogP contribution in [0.5, 0.6) is 0 Å². The third-order valence-electron chi connectivity index (χ3n) is 3.14. The van der Waals surface area contributed by atoms with Gasteiger partial charge in [0.1, 0.15) is 0 Å². The molecule has 2 aliphatic heterocycles. The van der Waals surface area contributed by atoms with Gasteiger partial charge in [0.25, 0.3) is 0 Å². The fourth-order valence-corrected chi connectivity index (χ4v) is 2.11. The molecule has 1 N–H and O–H groups in total. The predicted octanol–water partition coefficient (Wildman–Crippen LogP) is 0.459. The van der Waals surface area contributed by atoms with E-state index in [0.29, 0.717) is 6.04 Å². The summed E-state index contributed by atoms with van der Waals surface area (Å²) in [6.07, 6.45) is 2.62. The van der Waals surface area contributed by atoms with Crippen LogP contribution in [0.2, 0.25) is 0 Å². The highest BCUT2D eigenvalue weighted by molar-refractivity contribution is 4.81. The van der Waals surface area contributed by atoms with Crippen molar-refractivity contribution in [2.24, 2.45) is 0 Å². The van der Waals surface area contributed by atoms with E-state index in [1.807, 2.05) is 0 Å². The Morgan fingerprint density at radius 3 is 2.92 bits per heavy atom. The van der Waals surface area contributed by atoms with E-state index >= 15 is 0 Å². The number of ether oxygens (including phenoxy) is 1. The maximum atomic E-state index is 5.43. The first-order valence-electron chi connectivity index (χ1n) is 5.41. The summed E-state index contributed by atoms with van der Waals surface area (Å²) >= 11 is 0. The number of rotatable bonds is 3. The lowest BCUT2D eigenvalue weighted by atomic mass is 10.0. The van der Waals surface area contributed by atoms with Crippen molar-refractivity contribution in [2.75, 3.05) is 32.8 Å². The van der Waals surface area contributed by atoms with Crippen LogP contribution >= 0.6 is 0 Å². The third-order valence-corrected chi connectivity index (χ3v) is 3.14. The largest absolute Gasteiger partial charge is 0.379 e. The topological polar surface area (TPSA) is 24.5 Å². The van der Waals surface area contributed by atoms with Crippen molar-refractivity contribution in [3.8, 4) is 0 Å². The Balaban J connectivity index is 1.69. The molecule has 3 nitrogen and oxygen atoms in total. The summed E-state index contributed by atoms with van der Waals surface area (Å²) < 4.78 is 5.43. The molecule has 0 spiro atoms. The molecule has 0 aromatic heterocycles. The van der Waals surface area contributed by atoms with Gasteiger partial charge in [-0.3, -0.25) is 0 Å². The Morgan fingerprint density at radius 2 is 2.38 bits per heavy atom. The van der Waals surface area contributed by atoms with Crippen molar-refractivity contribution in [3.63, 3.8) is 0 Å². The van der Waals surface area contributed by atoms with E-state index in [0.717, 1.165) is 25.8 Å². The first-order chi connectivity index (χ1) is 6.36. The summed E-state index contributed by atoms with van der Waals surface area (Å²) in [5, 5.41) is 3.50. The molecule has 0 aromatic rings. The first-order valence-corrected chi connectivity index (χ1v) is 5.41. The molecule has 13 heavy (non-hydrogen) atoms. The Kier molecular flexibility index (Phi) is 3.19. The highest BCUT2D eigenvalue weighted by Gasteiger charge is 2.23. The highest BCUT2D eigenvalue weighted by atomic mass is 16.5. The minimum Gasteiger partial charge on any atom is -0.379 e. The lowest BCUT2D eigenvalue weighted by Crippen LogP contribution is -2.49. The van der Waals surface area contributed by atoms with Crippen molar-refractivity contribution in [1.29, 1.82) is 0 Å². The molecular formula is C10H20N2O. The number of nitrogens with one attached hydrogen (secondary N) is 1. The number of nitrogens with zero attached hydrogens (tertiary/aromatic N) is 1. The molecule has 3 heteroatoms. The van der Waals surface area contributed by atoms with Gasteiger partial charge in [0.05, 0.1) is 13.2 Å². The van der Waals surface area contributed by atoms with Crippen LogP contribution in [0, 0.1) is 0 Å². The van der Waals surface area contributed by atoms with Gasteiger partial charge in [0.15, 0.2) is 0 Å². The van der Waals surface area contributed by atoms with Gasteiger partial charge in [-0.2, -0.15) is 0 Å². The minimum absolute atomic E-state index is 0.587. The SMILES string of the molecule is CC(CC1COCCN1)N1CCC1. The molecule has 0 aromatic carbocycles. The molecular weight excluding hydrogens is 164 g/mol. The number of morpholine rings is 1. The number of likely N-dealkylation sites (tertiary alicyclic amines) is 1. The summed E-state index contributed by atoms with van der Waals surface area (Å²) in [5.41, 5.74) is 0. The zero-order valence-corrected chi connectivity index (χ0v) is 8.46. The molecule has 0 amide bonds. The van der Waals surface area contributed by atoms with E-state index in [1.54, 1.807) is 0 Å². The van der Waals surface area contributed by atoms with Gasteiger partial charge in [0.2, 0.25) is 0 Å². The molecule has 2 aliphatic rings. The average Bonchev–Trinajstić information content (AvgIpc) is 2.02. The van der Waals surface area contributed by atoms with Crippen LogP contribution in [-0.4, -0.2) is 49.8 Å². The summed E-state index contributed by atoms with van der Waals surface area (Å²) in [4.78, 5) is 2.55. The molecule has 0 saturated carbocycles.